The highest BCUT2D eigenvalue weighted by atomic mass is 35.5. The van der Waals surface area contributed by atoms with E-state index in [1.54, 1.807) is 11.3 Å². The van der Waals surface area contributed by atoms with Crippen LogP contribution in [0.15, 0.2) is 12.1 Å². The molecule has 92 valence electrons. The van der Waals surface area contributed by atoms with Gasteiger partial charge in [-0.05, 0) is 37.9 Å². The summed E-state index contributed by atoms with van der Waals surface area (Å²) in [7, 11) is 0. The first-order chi connectivity index (χ1) is 7.19. The van der Waals surface area contributed by atoms with E-state index < -0.39 is 0 Å². The van der Waals surface area contributed by atoms with E-state index in [0.29, 0.717) is 12.0 Å². The van der Waals surface area contributed by atoms with Crippen molar-refractivity contribution in [1.29, 1.82) is 0 Å². The maximum Gasteiger partial charge on any atom is 0.0931 e. The monoisotopic (exact) mass is 280 g/mol. The first kappa shape index (κ1) is 14.3. The lowest BCUT2D eigenvalue weighted by atomic mass is 10.1. The summed E-state index contributed by atoms with van der Waals surface area (Å²) in [6.07, 6.45) is 1.23. The maximum atomic E-state index is 5.92. The van der Waals surface area contributed by atoms with Crippen molar-refractivity contribution in [2.24, 2.45) is 11.7 Å². The van der Waals surface area contributed by atoms with Crippen molar-refractivity contribution in [3.8, 4) is 0 Å². The van der Waals surface area contributed by atoms with Crippen LogP contribution >= 0.6 is 35.3 Å². The number of thiophene rings is 1. The topological polar surface area (TPSA) is 29.3 Å². The zero-order valence-electron chi connectivity index (χ0n) is 9.36. The van der Waals surface area contributed by atoms with Gasteiger partial charge in [-0.2, -0.15) is 0 Å². The van der Waals surface area contributed by atoms with Crippen molar-refractivity contribution in [3.63, 3.8) is 0 Å². The van der Waals surface area contributed by atoms with Crippen molar-refractivity contribution < 1.29 is 0 Å². The van der Waals surface area contributed by atoms with Crippen molar-refractivity contribution in [1.82, 2.24) is 4.90 Å². The van der Waals surface area contributed by atoms with Crippen LogP contribution in [0, 0.1) is 5.92 Å². The van der Waals surface area contributed by atoms with Gasteiger partial charge in [-0.15, -0.1) is 23.7 Å². The number of halogens is 2. The van der Waals surface area contributed by atoms with E-state index in [9.17, 15) is 0 Å². The van der Waals surface area contributed by atoms with Crippen molar-refractivity contribution in [2.75, 3.05) is 13.1 Å². The molecule has 1 fully saturated rings. The Kier molecular flexibility index (Phi) is 5.54. The minimum absolute atomic E-state index is 0. The second-order valence-corrected chi connectivity index (χ2v) is 6.12. The van der Waals surface area contributed by atoms with Gasteiger partial charge in [0.05, 0.1) is 4.34 Å². The van der Waals surface area contributed by atoms with E-state index in [-0.39, 0.29) is 12.4 Å². The van der Waals surface area contributed by atoms with Gasteiger partial charge < -0.3 is 5.73 Å². The summed E-state index contributed by atoms with van der Waals surface area (Å²) < 4.78 is 0.882. The lowest BCUT2D eigenvalue weighted by Gasteiger charge is -2.19. The first-order valence-electron chi connectivity index (χ1n) is 5.37. The minimum Gasteiger partial charge on any atom is -0.330 e. The quantitative estimate of drug-likeness (QED) is 0.923. The van der Waals surface area contributed by atoms with Gasteiger partial charge in [0.1, 0.15) is 0 Å². The van der Waals surface area contributed by atoms with Crippen LogP contribution in [-0.2, 0) is 6.54 Å². The summed E-state index contributed by atoms with van der Waals surface area (Å²) >= 11 is 7.60. The van der Waals surface area contributed by atoms with Crippen molar-refractivity contribution in [3.05, 3.63) is 21.3 Å². The molecule has 1 aromatic rings. The molecule has 1 aromatic heterocycles. The second-order valence-electron chi connectivity index (χ2n) is 4.32. The highest BCUT2D eigenvalue weighted by molar-refractivity contribution is 7.16. The van der Waals surface area contributed by atoms with Gasteiger partial charge in [0, 0.05) is 24.0 Å². The third-order valence-electron chi connectivity index (χ3n) is 3.11. The molecule has 2 unspecified atom stereocenters. The molecule has 1 aliphatic rings. The largest absolute Gasteiger partial charge is 0.330 e. The van der Waals surface area contributed by atoms with Crippen LogP contribution in [0.2, 0.25) is 4.34 Å². The van der Waals surface area contributed by atoms with E-state index in [1.165, 1.54) is 11.3 Å². The molecule has 1 aliphatic heterocycles. The summed E-state index contributed by atoms with van der Waals surface area (Å²) in [5.41, 5.74) is 5.71. The summed E-state index contributed by atoms with van der Waals surface area (Å²) in [4.78, 5) is 3.85. The molecule has 0 amide bonds. The molecular formula is C11H18Cl2N2S. The Morgan fingerprint density at radius 1 is 1.56 bits per heavy atom. The van der Waals surface area contributed by atoms with E-state index >= 15 is 0 Å². The highest BCUT2D eigenvalue weighted by Gasteiger charge is 2.27. The smallest absolute Gasteiger partial charge is 0.0931 e. The van der Waals surface area contributed by atoms with Gasteiger partial charge >= 0.3 is 0 Å². The second kappa shape index (κ2) is 6.22. The van der Waals surface area contributed by atoms with Gasteiger partial charge in [0.2, 0.25) is 0 Å². The number of nitrogens with zero attached hydrogens (tertiary/aromatic N) is 1. The van der Waals surface area contributed by atoms with Crippen LogP contribution in [0.25, 0.3) is 0 Å². The third kappa shape index (κ3) is 3.34. The van der Waals surface area contributed by atoms with Crippen LogP contribution < -0.4 is 5.73 Å². The summed E-state index contributed by atoms with van der Waals surface area (Å²) in [6.45, 7) is 5.25. The minimum atomic E-state index is 0. The molecular weight excluding hydrogens is 263 g/mol. The fraction of sp³-hybridized carbons (Fsp3) is 0.636. The van der Waals surface area contributed by atoms with Crippen LogP contribution in [0.3, 0.4) is 0 Å². The Balaban J connectivity index is 0.00000128. The zero-order chi connectivity index (χ0) is 10.8. The van der Waals surface area contributed by atoms with E-state index in [1.807, 2.05) is 6.07 Å². The predicted molar refractivity (Wildman–Crippen MR) is 73.6 cm³/mol. The number of nitrogens with two attached hydrogens (primary N) is 1. The highest BCUT2D eigenvalue weighted by Crippen LogP contribution is 2.28. The number of likely N-dealkylation sites (tertiary alicyclic amines) is 1. The standard InChI is InChI=1S/C11H17ClN2S.ClH/c1-8-4-9(5-13)6-14(8)7-10-2-3-11(12)15-10;/h2-3,8-9H,4-7,13H2,1H3;1H. The van der Waals surface area contributed by atoms with Gasteiger partial charge in [0.15, 0.2) is 0 Å². The number of hydrogen-bond acceptors (Lipinski definition) is 3. The lowest BCUT2D eigenvalue weighted by molar-refractivity contribution is 0.258. The van der Waals surface area contributed by atoms with Gasteiger partial charge in [-0.3, -0.25) is 4.90 Å². The normalized spacial score (nSPS) is 25.7. The predicted octanol–water partition coefficient (Wildman–Crippen LogP) is 2.99. The molecule has 0 spiro atoms. The Labute approximate surface area is 112 Å². The van der Waals surface area contributed by atoms with Gasteiger partial charge in [-0.1, -0.05) is 11.6 Å². The summed E-state index contributed by atoms with van der Waals surface area (Å²) in [5, 5.41) is 0. The molecule has 2 N–H and O–H groups in total. The first-order valence-corrected chi connectivity index (χ1v) is 6.57. The van der Waals surface area contributed by atoms with Crippen molar-refractivity contribution in [2.45, 2.75) is 25.9 Å². The summed E-state index contributed by atoms with van der Waals surface area (Å²) in [6, 6.07) is 4.75. The molecule has 2 nitrogen and oxygen atoms in total. The fourth-order valence-corrected chi connectivity index (χ4v) is 3.36. The molecule has 0 bridgehead atoms. The molecule has 5 heteroatoms. The molecule has 1 saturated heterocycles. The zero-order valence-corrected chi connectivity index (χ0v) is 11.7. The Hall–Kier alpha value is 0.200. The van der Waals surface area contributed by atoms with Crippen LogP contribution in [0.4, 0.5) is 0 Å². The van der Waals surface area contributed by atoms with Gasteiger partial charge in [-0.25, -0.2) is 0 Å². The average molecular weight is 281 g/mol. The summed E-state index contributed by atoms with van der Waals surface area (Å²) in [5.74, 6) is 0.676. The molecule has 16 heavy (non-hydrogen) atoms. The van der Waals surface area contributed by atoms with Crippen LogP contribution in [-0.4, -0.2) is 24.0 Å². The van der Waals surface area contributed by atoms with Crippen molar-refractivity contribution >= 4 is 35.3 Å². The van der Waals surface area contributed by atoms with Crippen LogP contribution in [0.1, 0.15) is 18.2 Å². The molecule has 0 radical (unpaired) electrons. The van der Waals surface area contributed by atoms with E-state index in [0.717, 1.165) is 24.0 Å². The Morgan fingerprint density at radius 2 is 2.31 bits per heavy atom. The molecule has 2 rings (SSSR count). The molecule has 2 atom stereocenters. The lowest BCUT2D eigenvalue weighted by Crippen LogP contribution is -2.26. The Morgan fingerprint density at radius 3 is 2.81 bits per heavy atom. The number of rotatable bonds is 3. The van der Waals surface area contributed by atoms with E-state index in [4.69, 9.17) is 17.3 Å². The molecule has 0 aliphatic carbocycles. The molecule has 0 saturated carbocycles. The molecule has 2 heterocycles. The molecule has 0 aromatic carbocycles. The fourth-order valence-electron chi connectivity index (χ4n) is 2.25. The van der Waals surface area contributed by atoms with Crippen LogP contribution in [0.5, 0.6) is 0 Å². The van der Waals surface area contributed by atoms with E-state index in [2.05, 4.69) is 17.9 Å². The average Bonchev–Trinajstić information content (AvgIpc) is 2.75. The third-order valence-corrected chi connectivity index (χ3v) is 4.33. The number of hydrogen-bond donors (Lipinski definition) is 1. The Bertz CT molecular complexity index is 330. The van der Waals surface area contributed by atoms with Gasteiger partial charge in [0.25, 0.3) is 0 Å². The maximum absolute atomic E-state index is 5.92. The SMILES string of the molecule is CC1CC(CN)CN1Cc1ccc(Cl)s1.Cl.